The zero-order valence-electron chi connectivity index (χ0n) is 14.9. The number of nitrogens with zero attached hydrogens (tertiary/aromatic N) is 2. The quantitative estimate of drug-likeness (QED) is 0.854. The summed E-state index contributed by atoms with van der Waals surface area (Å²) in [5.74, 6) is -1.19. The largest absolute Gasteiger partial charge is 0.497 e. The molecule has 0 aliphatic carbocycles. The van der Waals surface area contributed by atoms with Crippen LogP contribution in [0, 0.1) is 0 Å². The van der Waals surface area contributed by atoms with Gasteiger partial charge in [0.25, 0.3) is 5.91 Å². The van der Waals surface area contributed by atoms with Gasteiger partial charge in [-0.15, -0.1) is 0 Å². The maximum atomic E-state index is 12.5. The molecule has 2 aromatic rings. The van der Waals surface area contributed by atoms with Crippen molar-refractivity contribution >= 4 is 17.8 Å². The number of hydrogen-bond donors (Lipinski definition) is 1. The number of aromatic carboxylic acids is 1. The molecule has 3 rings (SSSR count). The van der Waals surface area contributed by atoms with Crippen molar-refractivity contribution in [2.45, 2.75) is 6.42 Å². The summed E-state index contributed by atoms with van der Waals surface area (Å²) in [5.41, 5.74) is 0.870. The van der Waals surface area contributed by atoms with Gasteiger partial charge in [0.05, 0.1) is 13.5 Å². The summed E-state index contributed by atoms with van der Waals surface area (Å²) in [6.45, 7) is 1.57. The van der Waals surface area contributed by atoms with E-state index >= 15 is 0 Å². The van der Waals surface area contributed by atoms with Crippen molar-refractivity contribution in [3.8, 4) is 5.75 Å². The minimum Gasteiger partial charge on any atom is -0.497 e. The number of methoxy groups -OCH3 is 1. The number of piperazine rings is 1. The van der Waals surface area contributed by atoms with E-state index in [2.05, 4.69) is 0 Å². The number of carbonyl (C=O) groups is 3. The van der Waals surface area contributed by atoms with E-state index in [9.17, 15) is 14.4 Å². The Labute approximate surface area is 155 Å². The molecule has 1 fully saturated rings. The Balaban J connectivity index is 1.55. The van der Waals surface area contributed by atoms with Gasteiger partial charge < -0.3 is 24.1 Å². The lowest BCUT2D eigenvalue weighted by atomic mass is 10.1. The maximum absolute atomic E-state index is 12.5. The molecule has 1 aliphatic heterocycles. The van der Waals surface area contributed by atoms with Gasteiger partial charge in [-0.1, -0.05) is 12.1 Å². The third kappa shape index (κ3) is 4.28. The van der Waals surface area contributed by atoms with Crippen molar-refractivity contribution in [1.82, 2.24) is 9.80 Å². The molecule has 0 bridgehead atoms. The Kier molecular flexibility index (Phi) is 5.44. The summed E-state index contributed by atoms with van der Waals surface area (Å²) in [6, 6.07) is 9.97. The van der Waals surface area contributed by atoms with Gasteiger partial charge in [-0.05, 0) is 29.8 Å². The highest BCUT2D eigenvalue weighted by atomic mass is 16.5. The fraction of sp³-hybridized carbons (Fsp3) is 0.316. The van der Waals surface area contributed by atoms with Gasteiger partial charge in [0.15, 0.2) is 5.76 Å². The van der Waals surface area contributed by atoms with Gasteiger partial charge in [-0.2, -0.15) is 0 Å². The normalized spacial score (nSPS) is 14.1. The average Bonchev–Trinajstić information content (AvgIpc) is 3.18. The highest BCUT2D eigenvalue weighted by Gasteiger charge is 2.27. The van der Waals surface area contributed by atoms with Gasteiger partial charge in [0.1, 0.15) is 5.75 Å². The number of carbonyl (C=O) groups excluding carboxylic acids is 2. The van der Waals surface area contributed by atoms with Crippen LogP contribution >= 0.6 is 0 Å². The molecule has 1 N–H and O–H groups in total. The summed E-state index contributed by atoms with van der Waals surface area (Å²) in [6.07, 6.45) is 0.269. The zero-order valence-corrected chi connectivity index (χ0v) is 14.9. The van der Waals surface area contributed by atoms with E-state index in [4.69, 9.17) is 14.3 Å². The predicted molar refractivity (Wildman–Crippen MR) is 94.8 cm³/mol. The van der Waals surface area contributed by atoms with E-state index in [0.29, 0.717) is 31.9 Å². The Morgan fingerprint density at radius 1 is 1.04 bits per heavy atom. The Morgan fingerprint density at radius 2 is 1.70 bits per heavy atom. The van der Waals surface area contributed by atoms with Crippen molar-refractivity contribution < 1.29 is 28.6 Å². The third-order valence-electron chi connectivity index (χ3n) is 4.44. The monoisotopic (exact) mass is 372 g/mol. The van der Waals surface area contributed by atoms with Crippen molar-refractivity contribution in [2.24, 2.45) is 0 Å². The van der Waals surface area contributed by atoms with E-state index in [1.165, 1.54) is 12.1 Å². The molecule has 1 saturated heterocycles. The van der Waals surface area contributed by atoms with Crippen molar-refractivity contribution in [3.63, 3.8) is 0 Å². The molecule has 2 amide bonds. The molecule has 1 aromatic carbocycles. The Hall–Kier alpha value is -3.29. The number of benzene rings is 1. The minimum atomic E-state index is -1.22. The van der Waals surface area contributed by atoms with E-state index in [0.717, 1.165) is 5.56 Å². The first kappa shape index (κ1) is 18.5. The zero-order chi connectivity index (χ0) is 19.4. The highest BCUT2D eigenvalue weighted by Crippen LogP contribution is 2.16. The second-order valence-corrected chi connectivity index (χ2v) is 6.17. The molecule has 27 heavy (non-hydrogen) atoms. The van der Waals surface area contributed by atoms with Crippen molar-refractivity contribution in [1.29, 1.82) is 0 Å². The molecular formula is C19H20N2O6. The standard InChI is InChI=1S/C19H20N2O6/c1-26-14-4-2-3-13(11-14)12-17(22)20-7-9-21(10-8-20)18(23)15-5-6-16(27-15)19(24)25/h2-6,11H,7-10,12H2,1H3,(H,24,25). The number of rotatable bonds is 5. The van der Waals surface area contributed by atoms with Crippen molar-refractivity contribution in [2.75, 3.05) is 33.3 Å². The topological polar surface area (TPSA) is 100 Å². The van der Waals surface area contributed by atoms with Crippen LogP contribution in [0.2, 0.25) is 0 Å². The van der Waals surface area contributed by atoms with Crippen LogP contribution in [0.1, 0.15) is 26.7 Å². The van der Waals surface area contributed by atoms with Crippen LogP contribution in [0.5, 0.6) is 5.75 Å². The Morgan fingerprint density at radius 3 is 2.33 bits per heavy atom. The molecule has 0 radical (unpaired) electrons. The number of amides is 2. The summed E-state index contributed by atoms with van der Waals surface area (Å²) in [5, 5.41) is 8.87. The Bertz CT molecular complexity index is 851. The molecule has 2 heterocycles. The second-order valence-electron chi connectivity index (χ2n) is 6.17. The number of ether oxygens (including phenoxy) is 1. The second kappa shape index (κ2) is 7.94. The summed E-state index contributed by atoms with van der Waals surface area (Å²) < 4.78 is 10.2. The molecule has 0 atom stereocenters. The molecule has 142 valence electrons. The van der Waals surface area contributed by atoms with Crippen LogP contribution in [0.4, 0.5) is 0 Å². The van der Waals surface area contributed by atoms with Crippen LogP contribution in [-0.4, -0.2) is 66.0 Å². The molecular weight excluding hydrogens is 352 g/mol. The third-order valence-corrected chi connectivity index (χ3v) is 4.44. The van der Waals surface area contributed by atoms with E-state index in [1.54, 1.807) is 16.9 Å². The van der Waals surface area contributed by atoms with Crippen LogP contribution < -0.4 is 4.74 Å². The molecule has 1 aromatic heterocycles. The van der Waals surface area contributed by atoms with E-state index in [-0.39, 0.29) is 29.8 Å². The van der Waals surface area contributed by atoms with Crippen LogP contribution in [-0.2, 0) is 11.2 Å². The smallest absolute Gasteiger partial charge is 0.371 e. The van der Waals surface area contributed by atoms with Crippen molar-refractivity contribution in [3.05, 3.63) is 53.5 Å². The molecule has 0 saturated carbocycles. The lowest BCUT2D eigenvalue weighted by Crippen LogP contribution is -2.50. The lowest BCUT2D eigenvalue weighted by molar-refractivity contribution is -0.131. The molecule has 8 heteroatoms. The minimum absolute atomic E-state index is 0.0106. The van der Waals surface area contributed by atoms with E-state index in [1.807, 2.05) is 24.3 Å². The lowest BCUT2D eigenvalue weighted by Gasteiger charge is -2.34. The van der Waals surface area contributed by atoms with Gasteiger partial charge in [-0.3, -0.25) is 9.59 Å². The van der Waals surface area contributed by atoms with Gasteiger partial charge in [0, 0.05) is 26.2 Å². The number of furan rings is 1. The molecule has 0 unspecified atom stereocenters. The average molecular weight is 372 g/mol. The summed E-state index contributed by atoms with van der Waals surface area (Å²) in [7, 11) is 1.58. The number of carboxylic acid groups (broad SMARTS) is 1. The number of hydrogen-bond acceptors (Lipinski definition) is 5. The first-order valence-corrected chi connectivity index (χ1v) is 8.51. The maximum Gasteiger partial charge on any atom is 0.371 e. The highest BCUT2D eigenvalue weighted by molar-refractivity contribution is 5.93. The van der Waals surface area contributed by atoms with Gasteiger partial charge in [-0.25, -0.2) is 4.79 Å². The van der Waals surface area contributed by atoms with Crippen LogP contribution in [0.25, 0.3) is 0 Å². The van der Waals surface area contributed by atoms with Gasteiger partial charge >= 0.3 is 5.97 Å². The molecule has 1 aliphatic rings. The SMILES string of the molecule is COc1cccc(CC(=O)N2CCN(C(=O)c3ccc(C(=O)O)o3)CC2)c1. The van der Waals surface area contributed by atoms with Crippen LogP contribution in [0.15, 0.2) is 40.8 Å². The molecule has 8 nitrogen and oxygen atoms in total. The van der Waals surface area contributed by atoms with E-state index < -0.39 is 5.97 Å². The first-order valence-electron chi connectivity index (χ1n) is 8.51. The van der Waals surface area contributed by atoms with Gasteiger partial charge in [0.2, 0.25) is 11.7 Å². The summed E-state index contributed by atoms with van der Waals surface area (Å²) in [4.78, 5) is 39.0. The molecule has 0 spiro atoms. The first-order chi connectivity index (χ1) is 13.0. The predicted octanol–water partition coefficient (Wildman–Crippen LogP) is 1.51. The summed E-state index contributed by atoms with van der Waals surface area (Å²) >= 11 is 0. The fourth-order valence-electron chi connectivity index (χ4n) is 2.95. The fourth-order valence-corrected chi connectivity index (χ4v) is 2.95. The van der Waals surface area contributed by atoms with Crippen LogP contribution in [0.3, 0.4) is 0 Å². The number of carboxylic acids is 1.